The van der Waals surface area contributed by atoms with Crippen LogP contribution < -0.4 is 10.6 Å². The van der Waals surface area contributed by atoms with Crippen LogP contribution in [0.4, 0.5) is 5.69 Å². The van der Waals surface area contributed by atoms with Gasteiger partial charge in [0.15, 0.2) is 0 Å². The molecule has 5 aliphatic carbocycles. The van der Waals surface area contributed by atoms with Crippen molar-refractivity contribution < 1.29 is 28.7 Å². The molecule has 57 heavy (non-hydrogen) atoms. The van der Waals surface area contributed by atoms with Crippen molar-refractivity contribution in [3.8, 4) is 0 Å². The van der Waals surface area contributed by atoms with Gasteiger partial charge in [-0.3, -0.25) is 14.4 Å². The Hall–Kier alpha value is -3.16. The number of unbranched alkanes of at least 4 members (excludes halogenated alkanes) is 4. The average molecular weight is 787 g/mol. The molecule has 0 aromatic heterocycles. The van der Waals surface area contributed by atoms with Crippen LogP contribution in [0, 0.1) is 56.7 Å². The summed E-state index contributed by atoms with van der Waals surface area (Å²) in [7, 11) is 0. The third-order valence-corrected chi connectivity index (χ3v) is 17.3. The van der Waals surface area contributed by atoms with Gasteiger partial charge in [-0.25, -0.2) is 4.79 Å². The molecular weight excluding hydrogens is 713 g/mol. The van der Waals surface area contributed by atoms with Gasteiger partial charge >= 0.3 is 11.9 Å². The second kappa shape index (κ2) is 16.8. The highest BCUT2D eigenvalue weighted by Crippen LogP contribution is 2.77. The Morgan fingerprint density at radius 1 is 0.807 bits per heavy atom. The summed E-state index contributed by atoms with van der Waals surface area (Å²) in [5, 5.41) is 6.38. The lowest BCUT2D eigenvalue weighted by Gasteiger charge is -2.72. The van der Waals surface area contributed by atoms with Crippen LogP contribution >= 0.6 is 0 Å². The Kier molecular flexibility index (Phi) is 12.8. The fourth-order valence-electron chi connectivity index (χ4n) is 14.4. The average Bonchev–Trinajstić information content (AvgIpc) is 3.56. The van der Waals surface area contributed by atoms with Gasteiger partial charge in [0.25, 0.3) is 0 Å². The van der Waals surface area contributed by atoms with Crippen molar-refractivity contribution in [2.24, 2.45) is 56.7 Å². The summed E-state index contributed by atoms with van der Waals surface area (Å²) < 4.78 is 11.0. The number of carbonyl (C=O) groups excluding carboxylic acids is 4. The number of fused-ring (bicyclic) bond motifs is 7. The summed E-state index contributed by atoms with van der Waals surface area (Å²) in [5.41, 5.74) is 2.50. The number of benzene rings is 1. The molecule has 0 radical (unpaired) electrons. The molecule has 6 rings (SSSR count). The summed E-state index contributed by atoms with van der Waals surface area (Å²) in [5.74, 6) is 2.07. The third kappa shape index (κ3) is 7.86. The van der Waals surface area contributed by atoms with Gasteiger partial charge in [0.2, 0.25) is 11.8 Å². The lowest BCUT2D eigenvalue weighted by atomic mass is 9.32. The van der Waals surface area contributed by atoms with Crippen LogP contribution in [-0.2, 0) is 23.9 Å². The first-order valence-electron chi connectivity index (χ1n) is 22.6. The SMILES string of the molecule is C=C(C)[C@@H]1CC[C@]2(C(=O)NCCCCCCCC(=O)Nc3cccc(C(=O)OCC)c3)CC[C@]3(C)[C@H](CC[C@@H]4[C@@]5(C)CC[C@H](OC(C)=O)C(C)(C)[C@@H]5CC[C@]43C)[C@@H]12. The van der Waals surface area contributed by atoms with Gasteiger partial charge < -0.3 is 20.1 Å². The fraction of sp³-hybridized carbons (Fsp3) is 0.755. The monoisotopic (exact) mass is 787 g/mol. The number of hydrogen-bond donors (Lipinski definition) is 2. The Morgan fingerprint density at radius 3 is 2.26 bits per heavy atom. The number of rotatable bonds is 14. The number of anilines is 1. The Morgan fingerprint density at radius 2 is 1.54 bits per heavy atom. The molecule has 10 atom stereocenters. The van der Waals surface area contributed by atoms with E-state index in [1.807, 2.05) is 0 Å². The minimum Gasteiger partial charge on any atom is -0.462 e. The summed E-state index contributed by atoms with van der Waals surface area (Å²) in [6.45, 7) is 23.7. The van der Waals surface area contributed by atoms with Gasteiger partial charge in [0.05, 0.1) is 17.6 Å². The standard InChI is InChI=1S/C49H74N2O6/c1-10-56-43(54)34-17-16-18-35(31-34)51-41(53)19-14-12-11-13-15-30-50-44(55)49-27-22-36(32(2)3)42(49)37-20-21-39-46(7)25-24-40(57-33(4)52)45(5,6)38(46)23-26-48(39,9)47(37,8)28-29-49/h16-18,31,36-40,42H,2,10-15,19-30H2,1,3-9H3,(H,50,55)(H,51,53)/t36-,37+,38-,39+,40-,42+,46-,47+,48+,49-/m0/s1. The summed E-state index contributed by atoms with van der Waals surface area (Å²) >= 11 is 0. The quantitative estimate of drug-likeness (QED) is 0.110. The first-order chi connectivity index (χ1) is 26.9. The van der Waals surface area contributed by atoms with E-state index in [-0.39, 0.29) is 51.0 Å². The van der Waals surface area contributed by atoms with E-state index in [2.05, 4.69) is 58.8 Å². The van der Waals surface area contributed by atoms with Crippen molar-refractivity contribution in [2.75, 3.05) is 18.5 Å². The van der Waals surface area contributed by atoms with Gasteiger partial charge in [-0.05, 0) is 155 Å². The Labute approximate surface area is 343 Å². The minimum atomic E-state index is -0.392. The van der Waals surface area contributed by atoms with E-state index in [0.717, 1.165) is 70.6 Å². The van der Waals surface area contributed by atoms with E-state index in [1.165, 1.54) is 31.3 Å². The zero-order valence-electron chi connectivity index (χ0n) is 36.7. The molecule has 0 unspecified atom stereocenters. The second-order valence-corrected chi connectivity index (χ2v) is 20.4. The normalized spacial score (nSPS) is 36.4. The minimum absolute atomic E-state index is 0.0114. The van der Waals surface area contributed by atoms with Gasteiger partial charge in [-0.2, -0.15) is 0 Å². The van der Waals surface area contributed by atoms with E-state index in [0.29, 0.717) is 60.4 Å². The highest BCUT2D eigenvalue weighted by atomic mass is 16.5. The number of esters is 2. The van der Waals surface area contributed by atoms with Crippen molar-refractivity contribution in [3.05, 3.63) is 42.0 Å². The van der Waals surface area contributed by atoms with E-state index < -0.39 is 5.97 Å². The highest BCUT2D eigenvalue weighted by molar-refractivity contribution is 5.94. The number of nitrogens with one attached hydrogen (secondary N) is 2. The molecule has 1 aromatic carbocycles. The second-order valence-electron chi connectivity index (χ2n) is 20.4. The maximum atomic E-state index is 14.5. The lowest BCUT2D eigenvalue weighted by Crippen LogP contribution is -2.67. The molecule has 1 aromatic rings. The van der Waals surface area contributed by atoms with Gasteiger partial charge in [0.1, 0.15) is 6.10 Å². The molecule has 0 saturated heterocycles. The number of hydrogen-bond acceptors (Lipinski definition) is 6. The zero-order valence-corrected chi connectivity index (χ0v) is 36.7. The van der Waals surface area contributed by atoms with Crippen molar-refractivity contribution >= 4 is 29.4 Å². The molecule has 5 saturated carbocycles. The van der Waals surface area contributed by atoms with Crippen LogP contribution in [0.15, 0.2) is 36.4 Å². The molecule has 2 amide bonds. The van der Waals surface area contributed by atoms with Crippen molar-refractivity contribution in [1.29, 1.82) is 0 Å². The first-order valence-corrected chi connectivity index (χ1v) is 22.6. The molecule has 2 N–H and O–H groups in total. The smallest absolute Gasteiger partial charge is 0.338 e. The molecule has 5 aliphatic rings. The summed E-state index contributed by atoms with van der Waals surface area (Å²) in [6, 6.07) is 6.87. The highest BCUT2D eigenvalue weighted by Gasteiger charge is 2.72. The first kappa shape index (κ1) is 43.4. The van der Waals surface area contributed by atoms with Crippen LogP contribution in [0.2, 0.25) is 0 Å². The number of allylic oxidation sites excluding steroid dienone is 1. The van der Waals surface area contributed by atoms with Crippen molar-refractivity contribution in [3.63, 3.8) is 0 Å². The third-order valence-electron chi connectivity index (χ3n) is 17.3. The topological polar surface area (TPSA) is 111 Å². The van der Waals surface area contributed by atoms with E-state index in [1.54, 1.807) is 38.1 Å². The van der Waals surface area contributed by atoms with Crippen molar-refractivity contribution in [1.82, 2.24) is 5.32 Å². The van der Waals surface area contributed by atoms with Gasteiger partial charge in [0, 0.05) is 31.0 Å². The Bertz CT molecular complexity index is 1690. The maximum absolute atomic E-state index is 14.5. The zero-order chi connectivity index (χ0) is 41.4. The van der Waals surface area contributed by atoms with Crippen LogP contribution in [0.5, 0.6) is 0 Å². The number of amides is 2. The van der Waals surface area contributed by atoms with E-state index >= 15 is 0 Å². The predicted molar refractivity (Wildman–Crippen MR) is 226 cm³/mol. The van der Waals surface area contributed by atoms with Gasteiger partial charge in [-0.1, -0.05) is 72.1 Å². The molecular formula is C49H74N2O6. The van der Waals surface area contributed by atoms with Crippen LogP contribution in [-0.4, -0.2) is 43.0 Å². The van der Waals surface area contributed by atoms with Crippen LogP contribution in [0.1, 0.15) is 168 Å². The van der Waals surface area contributed by atoms with Gasteiger partial charge in [-0.15, -0.1) is 0 Å². The molecule has 8 heteroatoms. The molecule has 0 heterocycles. The summed E-state index contributed by atoms with van der Waals surface area (Å²) in [4.78, 5) is 51.2. The Balaban J connectivity index is 1.03. The molecule has 0 spiro atoms. The van der Waals surface area contributed by atoms with Crippen LogP contribution in [0.3, 0.4) is 0 Å². The molecule has 0 aliphatic heterocycles. The fourth-order valence-corrected chi connectivity index (χ4v) is 14.4. The summed E-state index contributed by atoms with van der Waals surface area (Å²) in [6.07, 6.45) is 16.1. The predicted octanol–water partition coefficient (Wildman–Crippen LogP) is 10.8. The maximum Gasteiger partial charge on any atom is 0.338 e. The largest absolute Gasteiger partial charge is 0.462 e. The van der Waals surface area contributed by atoms with Crippen LogP contribution in [0.25, 0.3) is 0 Å². The number of carbonyl (C=O) groups is 4. The van der Waals surface area contributed by atoms with Crippen molar-refractivity contribution in [2.45, 2.75) is 164 Å². The molecule has 5 fully saturated rings. The van der Waals surface area contributed by atoms with E-state index in [4.69, 9.17) is 9.47 Å². The van der Waals surface area contributed by atoms with E-state index in [9.17, 15) is 19.2 Å². The molecule has 8 nitrogen and oxygen atoms in total. The number of ether oxygens (including phenoxy) is 2. The lowest BCUT2D eigenvalue weighted by molar-refractivity contribution is -0.248. The molecule has 0 bridgehead atoms. The molecule has 316 valence electrons.